The van der Waals surface area contributed by atoms with Gasteiger partial charge in [-0.3, -0.25) is 0 Å². The third kappa shape index (κ3) is 4.57. The quantitative estimate of drug-likeness (QED) is 0.189. The van der Waals surface area contributed by atoms with E-state index in [9.17, 15) is 0 Å². The van der Waals surface area contributed by atoms with Gasteiger partial charge in [-0.25, -0.2) is 0 Å². The zero-order valence-corrected chi connectivity index (χ0v) is 26.1. The highest BCUT2D eigenvalue weighted by Gasteiger charge is 2.18. The lowest BCUT2D eigenvalue weighted by atomic mass is 9.85. The third-order valence-electron chi connectivity index (χ3n) is 9.51. The fourth-order valence-corrected chi connectivity index (χ4v) is 7.37. The summed E-state index contributed by atoms with van der Waals surface area (Å²) < 4.78 is 0. The Balaban J connectivity index is 1.14. The lowest BCUT2D eigenvalue weighted by Crippen LogP contribution is -1.96. The molecular weight excluding hydrogens is 569 g/mol. The van der Waals surface area contributed by atoms with Crippen LogP contribution in [0.5, 0.6) is 0 Å². The highest BCUT2D eigenvalue weighted by Crippen LogP contribution is 2.45. The lowest BCUT2D eigenvalue weighted by molar-refractivity contribution is 1.45. The molecule has 8 aromatic carbocycles. The molecule has 9 aromatic rings. The number of nitrogens with one attached hydrogen (secondary N) is 2. The number of H-pyrrole nitrogens is 1. The molecule has 0 spiro atoms. The van der Waals surface area contributed by atoms with Crippen molar-refractivity contribution >= 4 is 54.7 Å². The number of aromatic amines is 1. The zero-order valence-electron chi connectivity index (χ0n) is 26.1. The second kappa shape index (κ2) is 11.0. The molecule has 2 nitrogen and oxygen atoms in total. The van der Waals surface area contributed by atoms with Crippen molar-refractivity contribution in [2.45, 2.75) is 6.92 Å². The van der Waals surface area contributed by atoms with Gasteiger partial charge in [0, 0.05) is 38.7 Å². The Morgan fingerprint density at radius 3 is 1.72 bits per heavy atom. The number of aromatic nitrogens is 1. The van der Waals surface area contributed by atoms with Gasteiger partial charge in [-0.05, 0) is 98.2 Å². The molecule has 0 amide bonds. The van der Waals surface area contributed by atoms with Crippen LogP contribution in [0.1, 0.15) is 5.56 Å². The van der Waals surface area contributed by atoms with Crippen LogP contribution in [0.3, 0.4) is 0 Å². The van der Waals surface area contributed by atoms with E-state index in [1.807, 2.05) is 0 Å². The van der Waals surface area contributed by atoms with Crippen LogP contribution >= 0.6 is 0 Å². The fraction of sp³-hybridized carbons (Fsp3) is 0.0222. The summed E-state index contributed by atoms with van der Waals surface area (Å²) in [4.78, 5) is 3.55. The summed E-state index contributed by atoms with van der Waals surface area (Å²) in [6.07, 6.45) is 0. The van der Waals surface area contributed by atoms with E-state index < -0.39 is 0 Å². The van der Waals surface area contributed by atoms with Gasteiger partial charge in [0.1, 0.15) is 0 Å². The number of hydrogen-bond acceptors (Lipinski definition) is 1. The number of hydrogen-bond donors (Lipinski definition) is 2. The van der Waals surface area contributed by atoms with Gasteiger partial charge in [-0.15, -0.1) is 0 Å². The molecule has 47 heavy (non-hydrogen) atoms. The summed E-state index contributed by atoms with van der Waals surface area (Å²) in [6, 6.07) is 59.1. The van der Waals surface area contributed by atoms with Gasteiger partial charge >= 0.3 is 0 Å². The molecule has 0 atom stereocenters. The van der Waals surface area contributed by atoms with Gasteiger partial charge in [0.2, 0.25) is 0 Å². The second-order valence-electron chi connectivity index (χ2n) is 12.3. The van der Waals surface area contributed by atoms with Crippen LogP contribution in [0.4, 0.5) is 11.4 Å². The molecule has 1 heterocycles. The monoisotopic (exact) mass is 600 g/mol. The molecule has 0 saturated carbocycles. The summed E-state index contributed by atoms with van der Waals surface area (Å²) in [7, 11) is 0. The number of aryl methyl sites for hydroxylation is 1. The lowest BCUT2D eigenvalue weighted by Gasteiger charge is -2.19. The van der Waals surface area contributed by atoms with Gasteiger partial charge in [0.15, 0.2) is 0 Å². The Hall–Kier alpha value is -6.12. The van der Waals surface area contributed by atoms with Crippen molar-refractivity contribution in [3.63, 3.8) is 0 Å². The zero-order chi connectivity index (χ0) is 31.3. The van der Waals surface area contributed by atoms with Crippen molar-refractivity contribution in [2.75, 3.05) is 5.32 Å². The SMILES string of the molecule is Cc1cc(Nc2ccccc2-c2ccc3[nH]c4ccccc4c3c2)ccc1-c1c2ccccc2c(-c2ccccc2)c2ccccc12. The standard InChI is InChI=1S/C45H32N2/c1-29-27-32(46-41-21-11-9-15-34(41)31-23-26-43-40(28-31)35-16-10-12-22-42(35)47-43)24-25-33(29)45-38-19-7-5-17-36(38)44(30-13-3-2-4-14-30)37-18-6-8-20-39(37)45/h2-28,46-47H,1H3. The predicted octanol–water partition coefficient (Wildman–Crippen LogP) is 12.7. The first-order valence-electron chi connectivity index (χ1n) is 16.2. The topological polar surface area (TPSA) is 27.8 Å². The van der Waals surface area contributed by atoms with Crippen LogP contribution in [0.2, 0.25) is 0 Å². The summed E-state index contributed by atoms with van der Waals surface area (Å²) in [5.41, 5.74) is 13.1. The maximum absolute atomic E-state index is 3.77. The van der Waals surface area contributed by atoms with E-state index in [1.54, 1.807) is 0 Å². The van der Waals surface area contributed by atoms with Crippen molar-refractivity contribution in [2.24, 2.45) is 0 Å². The molecule has 0 aliphatic rings. The van der Waals surface area contributed by atoms with Crippen LogP contribution in [-0.4, -0.2) is 4.98 Å². The molecule has 0 fully saturated rings. The first-order chi connectivity index (χ1) is 23.2. The van der Waals surface area contributed by atoms with Gasteiger partial charge < -0.3 is 10.3 Å². The Morgan fingerprint density at radius 1 is 0.404 bits per heavy atom. The molecule has 0 unspecified atom stereocenters. The summed E-state index contributed by atoms with van der Waals surface area (Å²) >= 11 is 0. The highest BCUT2D eigenvalue weighted by molar-refractivity contribution is 6.21. The maximum atomic E-state index is 3.77. The Labute approximate surface area is 274 Å². The molecule has 0 bridgehead atoms. The van der Waals surface area contributed by atoms with E-state index in [0.29, 0.717) is 0 Å². The van der Waals surface area contributed by atoms with Gasteiger partial charge in [-0.2, -0.15) is 0 Å². The van der Waals surface area contributed by atoms with Crippen molar-refractivity contribution in [1.29, 1.82) is 0 Å². The molecule has 222 valence electrons. The second-order valence-corrected chi connectivity index (χ2v) is 12.3. The molecule has 1 aromatic heterocycles. The van der Waals surface area contributed by atoms with Gasteiger partial charge in [-0.1, -0.05) is 127 Å². The minimum absolute atomic E-state index is 1.07. The van der Waals surface area contributed by atoms with E-state index in [1.165, 1.54) is 71.3 Å². The van der Waals surface area contributed by atoms with E-state index >= 15 is 0 Å². The van der Waals surface area contributed by atoms with E-state index in [0.717, 1.165) is 22.4 Å². The van der Waals surface area contributed by atoms with Crippen molar-refractivity contribution < 1.29 is 0 Å². The minimum atomic E-state index is 1.07. The molecule has 0 radical (unpaired) electrons. The number of benzene rings is 8. The van der Waals surface area contributed by atoms with E-state index in [-0.39, 0.29) is 0 Å². The minimum Gasteiger partial charge on any atom is -0.355 e. The summed E-state index contributed by atoms with van der Waals surface area (Å²) in [5.74, 6) is 0. The molecule has 9 rings (SSSR count). The number of para-hydroxylation sites is 2. The van der Waals surface area contributed by atoms with Crippen LogP contribution in [-0.2, 0) is 0 Å². The maximum Gasteiger partial charge on any atom is 0.0465 e. The highest BCUT2D eigenvalue weighted by atomic mass is 14.9. The van der Waals surface area contributed by atoms with E-state index in [4.69, 9.17) is 0 Å². The predicted molar refractivity (Wildman–Crippen MR) is 202 cm³/mol. The van der Waals surface area contributed by atoms with Crippen LogP contribution < -0.4 is 5.32 Å². The van der Waals surface area contributed by atoms with E-state index in [2.05, 4.69) is 181 Å². The fourth-order valence-electron chi connectivity index (χ4n) is 7.37. The first kappa shape index (κ1) is 27.2. The van der Waals surface area contributed by atoms with Gasteiger partial charge in [0.05, 0.1) is 0 Å². The van der Waals surface area contributed by atoms with Crippen LogP contribution in [0.15, 0.2) is 164 Å². The average molecular weight is 601 g/mol. The van der Waals surface area contributed by atoms with Crippen LogP contribution in [0.25, 0.3) is 76.7 Å². The number of rotatable bonds is 5. The van der Waals surface area contributed by atoms with Crippen molar-refractivity contribution in [1.82, 2.24) is 4.98 Å². The normalized spacial score (nSPS) is 11.5. The van der Waals surface area contributed by atoms with Gasteiger partial charge in [0.25, 0.3) is 0 Å². The summed E-state index contributed by atoms with van der Waals surface area (Å²) in [5, 5.41) is 11.3. The Morgan fingerprint density at radius 2 is 1.00 bits per heavy atom. The molecule has 2 N–H and O–H groups in total. The molecule has 2 heteroatoms. The Kier molecular flexibility index (Phi) is 6.39. The molecule has 0 aliphatic carbocycles. The molecular formula is C45H32N2. The largest absolute Gasteiger partial charge is 0.355 e. The molecule has 0 aliphatic heterocycles. The molecule has 0 saturated heterocycles. The van der Waals surface area contributed by atoms with Crippen molar-refractivity contribution in [3.05, 3.63) is 169 Å². The number of anilines is 2. The van der Waals surface area contributed by atoms with Crippen molar-refractivity contribution in [3.8, 4) is 33.4 Å². The average Bonchev–Trinajstić information content (AvgIpc) is 3.50. The number of fused-ring (bicyclic) bond motifs is 5. The Bertz CT molecular complexity index is 2550. The summed E-state index contributed by atoms with van der Waals surface area (Å²) in [6.45, 7) is 2.23. The first-order valence-corrected chi connectivity index (χ1v) is 16.2. The third-order valence-corrected chi connectivity index (χ3v) is 9.51. The van der Waals surface area contributed by atoms with Crippen LogP contribution in [0, 0.1) is 6.92 Å². The smallest absolute Gasteiger partial charge is 0.0465 e.